The van der Waals surface area contributed by atoms with Crippen molar-refractivity contribution in [1.82, 2.24) is 24.6 Å². The van der Waals surface area contributed by atoms with E-state index in [2.05, 4.69) is 15.4 Å². The third-order valence-electron chi connectivity index (χ3n) is 3.20. The zero-order valence-electron chi connectivity index (χ0n) is 11.5. The highest BCUT2D eigenvalue weighted by molar-refractivity contribution is 5.36. The van der Waals surface area contributed by atoms with Gasteiger partial charge in [-0.25, -0.2) is 9.37 Å². The van der Waals surface area contributed by atoms with Crippen molar-refractivity contribution in [2.24, 2.45) is 0 Å². The molecular weight excluding hydrogens is 269 g/mol. The Kier molecular flexibility index (Phi) is 4.07. The van der Waals surface area contributed by atoms with Gasteiger partial charge in [-0.05, 0) is 23.8 Å². The van der Waals surface area contributed by atoms with E-state index < -0.39 is 0 Å². The fourth-order valence-corrected chi connectivity index (χ4v) is 2.13. The van der Waals surface area contributed by atoms with Crippen molar-refractivity contribution in [3.8, 4) is 5.69 Å². The minimum Gasteiger partial charge on any atom is -0.311 e. The van der Waals surface area contributed by atoms with Gasteiger partial charge in [0.25, 0.3) is 0 Å². The lowest BCUT2D eigenvalue weighted by Gasteiger charge is -2.08. The smallest absolute Gasteiger partial charge is 0.147 e. The summed E-state index contributed by atoms with van der Waals surface area (Å²) in [6.45, 7) is 2.21. The van der Waals surface area contributed by atoms with E-state index in [4.69, 9.17) is 0 Å². The van der Waals surface area contributed by atoms with Gasteiger partial charge in [-0.15, -0.1) is 0 Å². The van der Waals surface area contributed by atoms with Crippen LogP contribution >= 0.6 is 0 Å². The topological polar surface area (TPSA) is 47.7 Å². The van der Waals surface area contributed by atoms with Gasteiger partial charge in [0, 0.05) is 37.9 Å². The van der Waals surface area contributed by atoms with Gasteiger partial charge in [-0.2, -0.15) is 5.10 Å². The highest BCUT2D eigenvalue weighted by Crippen LogP contribution is 2.14. The molecule has 0 amide bonds. The van der Waals surface area contributed by atoms with Crippen LogP contribution < -0.4 is 5.32 Å². The molecule has 0 bridgehead atoms. The van der Waals surface area contributed by atoms with Crippen molar-refractivity contribution in [1.29, 1.82) is 0 Å². The lowest BCUT2D eigenvalue weighted by Crippen LogP contribution is -2.19. The van der Waals surface area contributed by atoms with Crippen LogP contribution in [0.5, 0.6) is 0 Å². The second-order valence-electron chi connectivity index (χ2n) is 4.70. The molecule has 0 fully saturated rings. The van der Waals surface area contributed by atoms with Gasteiger partial charge in [0.15, 0.2) is 0 Å². The molecule has 0 aliphatic heterocycles. The summed E-state index contributed by atoms with van der Waals surface area (Å²) in [5.41, 5.74) is 1.42. The molecule has 1 aromatic carbocycles. The third-order valence-corrected chi connectivity index (χ3v) is 3.20. The number of aromatic nitrogens is 4. The molecule has 108 valence electrons. The standard InChI is InChI=1S/C15H16FN5/c16-14-10-13(2-3-15(14)20-8-5-18-12-20)11-17-6-9-21-7-1-4-19-21/h1-5,7-8,10,12,17H,6,9,11H2. The maximum Gasteiger partial charge on any atom is 0.147 e. The minimum absolute atomic E-state index is 0.251. The van der Waals surface area contributed by atoms with E-state index in [1.807, 2.05) is 23.0 Å². The lowest BCUT2D eigenvalue weighted by atomic mass is 10.2. The summed E-state index contributed by atoms with van der Waals surface area (Å²) in [7, 11) is 0. The highest BCUT2D eigenvalue weighted by atomic mass is 19.1. The number of hydrogen-bond donors (Lipinski definition) is 1. The maximum absolute atomic E-state index is 14.1. The quantitative estimate of drug-likeness (QED) is 0.705. The summed E-state index contributed by atoms with van der Waals surface area (Å²) in [6, 6.07) is 7.13. The number of halogens is 1. The molecule has 21 heavy (non-hydrogen) atoms. The Labute approximate surface area is 122 Å². The Morgan fingerprint density at radius 1 is 1.19 bits per heavy atom. The van der Waals surface area contributed by atoms with Crippen LogP contribution in [0.2, 0.25) is 0 Å². The van der Waals surface area contributed by atoms with Gasteiger partial charge in [-0.3, -0.25) is 4.68 Å². The second-order valence-corrected chi connectivity index (χ2v) is 4.70. The summed E-state index contributed by atoms with van der Waals surface area (Å²) in [5, 5.41) is 7.40. The molecule has 5 nitrogen and oxygen atoms in total. The van der Waals surface area contributed by atoms with E-state index >= 15 is 0 Å². The van der Waals surface area contributed by atoms with Crippen molar-refractivity contribution in [2.45, 2.75) is 13.1 Å². The van der Waals surface area contributed by atoms with E-state index in [1.54, 1.807) is 41.6 Å². The first-order valence-electron chi connectivity index (χ1n) is 6.78. The predicted molar refractivity (Wildman–Crippen MR) is 77.5 cm³/mol. The van der Waals surface area contributed by atoms with Gasteiger partial charge in [0.2, 0.25) is 0 Å². The molecule has 6 heteroatoms. The summed E-state index contributed by atoms with van der Waals surface area (Å²) in [6.07, 6.45) is 8.61. The Morgan fingerprint density at radius 3 is 2.86 bits per heavy atom. The number of hydrogen-bond acceptors (Lipinski definition) is 3. The first-order valence-corrected chi connectivity index (χ1v) is 6.78. The first kappa shape index (κ1) is 13.5. The molecule has 0 aliphatic rings. The van der Waals surface area contributed by atoms with Crippen molar-refractivity contribution in [3.05, 3.63) is 66.8 Å². The Bertz CT molecular complexity index is 676. The van der Waals surface area contributed by atoms with Crippen molar-refractivity contribution >= 4 is 0 Å². The number of rotatable bonds is 6. The number of imidazole rings is 1. The summed E-state index contributed by atoms with van der Waals surface area (Å²) in [5.74, 6) is -0.251. The van der Waals surface area contributed by atoms with Gasteiger partial charge >= 0.3 is 0 Å². The van der Waals surface area contributed by atoms with Crippen LogP contribution in [-0.2, 0) is 13.1 Å². The maximum atomic E-state index is 14.1. The SMILES string of the molecule is Fc1cc(CNCCn2cccn2)ccc1-n1ccnc1. The molecule has 0 unspecified atom stereocenters. The fourth-order valence-electron chi connectivity index (χ4n) is 2.13. The molecule has 0 atom stereocenters. The Hall–Kier alpha value is -2.47. The van der Waals surface area contributed by atoms with E-state index in [9.17, 15) is 4.39 Å². The van der Waals surface area contributed by atoms with Crippen LogP contribution in [-0.4, -0.2) is 25.9 Å². The third kappa shape index (κ3) is 3.35. The van der Waals surface area contributed by atoms with Gasteiger partial charge < -0.3 is 9.88 Å². The summed E-state index contributed by atoms with van der Waals surface area (Å²) in [4.78, 5) is 3.92. The molecule has 0 aliphatic carbocycles. The molecule has 0 spiro atoms. The molecule has 3 aromatic rings. The van der Waals surface area contributed by atoms with Gasteiger partial charge in [-0.1, -0.05) is 6.07 Å². The van der Waals surface area contributed by atoms with E-state index in [0.29, 0.717) is 12.2 Å². The van der Waals surface area contributed by atoms with E-state index in [1.165, 1.54) is 0 Å². The molecule has 1 N–H and O–H groups in total. The average molecular weight is 285 g/mol. The van der Waals surface area contributed by atoms with Crippen LogP contribution in [0, 0.1) is 5.82 Å². The van der Waals surface area contributed by atoms with E-state index in [-0.39, 0.29) is 5.82 Å². The average Bonchev–Trinajstić information content (AvgIpc) is 3.17. The largest absolute Gasteiger partial charge is 0.311 e. The highest BCUT2D eigenvalue weighted by Gasteiger charge is 2.05. The van der Waals surface area contributed by atoms with Crippen molar-refractivity contribution < 1.29 is 4.39 Å². The molecule has 2 heterocycles. The number of benzene rings is 1. The Balaban J connectivity index is 1.55. The van der Waals surface area contributed by atoms with Crippen molar-refractivity contribution in [3.63, 3.8) is 0 Å². The summed E-state index contributed by atoms with van der Waals surface area (Å²) >= 11 is 0. The summed E-state index contributed by atoms with van der Waals surface area (Å²) < 4.78 is 17.6. The van der Waals surface area contributed by atoms with Gasteiger partial charge in [0.1, 0.15) is 5.82 Å². The monoisotopic (exact) mass is 285 g/mol. The van der Waals surface area contributed by atoms with Crippen LogP contribution in [0.25, 0.3) is 5.69 Å². The van der Waals surface area contributed by atoms with Crippen LogP contribution in [0.3, 0.4) is 0 Å². The molecule has 0 radical (unpaired) electrons. The molecule has 3 rings (SSSR count). The van der Waals surface area contributed by atoms with Crippen LogP contribution in [0.4, 0.5) is 4.39 Å². The second kappa shape index (κ2) is 6.32. The van der Waals surface area contributed by atoms with Crippen LogP contribution in [0.1, 0.15) is 5.56 Å². The zero-order valence-corrected chi connectivity index (χ0v) is 11.5. The minimum atomic E-state index is -0.251. The zero-order chi connectivity index (χ0) is 14.5. The molecule has 0 saturated heterocycles. The predicted octanol–water partition coefficient (Wildman–Crippen LogP) is 2.00. The fraction of sp³-hybridized carbons (Fsp3) is 0.200. The van der Waals surface area contributed by atoms with Crippen molar-refractivity contribution in [2.75, 3.05) is 6.54 Å². The van der Waals surface area contributed by atoms with Crippen LogP contribution in [0.15, 0.2) is 55.4 Å². The first-order chi connectivity index (χ1) is 10.3. The normalized spacial score (nSPS) is 10.9. The molecule has 2 aromatic heterocycles. The number of nitrogens with zero attached hydrogens (tertiary/aromatic N) is 4. The molecule has 0 saturated carbocycles. The lowest BCUT2D eigenvalue weighted by molar-refractivity contribution is 0.552. The van der Waals surface area contributed by atoms with E-state index in [0.717, 1.165) is 18.7 Å². The van der Waals surface area contributed by atoms with Gasteiger partial charge in [0.05, 0.1) is 18.6 Å². The number of nitrogens with one attached hydrogen (secondary N) is 1. The molecular formula is C15H16FN5. The Morgan fingerprint density at radius 2 is 2.14 bits per heavy atom.